The van der Waals surface area contributed by atoms with Crippen molar-refractivity contribution in [1.29, 1.82) is 5.26 Å². The summed E-state index contributed by atoms with van der Waals surface area (Å²) >= 11 is 5.94. The van der Waals surface area contributed by atoms with Gasteiger partial charge in [0.15, 0.2) is 0 Å². The number of rotatable bonds is 4. The molecule has 1 N–H and O–H groups in total. The summed E-state index contributed by atoms with van der Waals surface area (Å²) in [5.41, 5.74) is -0.579. The number of nitriles is 1. The highest BCUT2D eigenvalue weighted by molar-refractivity contribution is 6.34. The van der Waals surface area contributed by atoms with Crippen molar-refractivity contribution in [3.05, 3.63) is 58.6 Å². The number of carbonyl (C=O) groups excluding carboxylic acids is 2. The minimum absolute atomic E-state index is 0.0996. The lowest BCUT2D eigenvalue weighted by Gasteiger charge is -2.23. The topological polar surface area (TPSA) is 73.2 Å². The van der Waals surface area contributed by atoms with Gasteiger partial charge in [-0.15, -0.1) is 0 Å². The molecule has 0 saturated heterocycles. The summed E-state index contributed by atoms with van der Waals surface area (Å²) in [5.74, 6) is -1.31. The van der Waals surface area contributed by atoms with Gasteiger partial charge in [-0.05, 0) is 36.4 Å². The maximum absolute atomic E-state index is 12.9. The van der Waals surface area contributed by atoms with Crippen LogP contribution in [0.4, 0.5) is 24.5 Å². The molecular formula is C18H13ClF3N3O2. The van der Waals surface area contributed by atoms with Crippen LogP contribution >= 0.6 is 11.6 Å². The number of anilines is 2. The smallest absolute Gasteiger partial charge is 0.324 e. The van der Waals surface area contributed by atoms with Crippen LogP contribution in [0.1, 0.15) is 18.1 Å². The van der Waals surface area contributed by atoms with Gasteiger partial charge in [-0.3, -0.25) is 9.59 Å². The number of amides is 2. The van der Waals surface area contributed by atoms with Gasteiger partial charge in [-0.1, -0.05) is 17.7 Å². The van der Waals surface area contributed by atoms with Gasteiger partial charge in [0.1, 0.15) is 6.54 Å². The van der Waals surface area contributed by atoms with E-state index in [2.05, 4.69) is 5.32 Å². The minimum Gasteiger partial charge on any atom is -0.324 e. The van der Waals surface area contributed by atoms with Gasteiger partial charge in [-0.25, -0.2) is 0 Å². The Morgan fingerprint density at radius 3 is 2.52 bits per heavy atom. The second-order valence-corrected chi connectivity index (χ2v) is 5.92. The van der Waals surface area contributed by atoms with Crippen LogP contribution in [0.15, 0.2) is 42.5 Å². The Morgan fingerprint density at radius 1 is 1.22 bits per heavy atom. The van der Waals surface area contributed by atoms with Crippen molar-refractivity contribution < 1.29 is 22.8 Å². The van der Waals surface area contributed by atoms with Crippen molar-refractivity contribution in [2.24, 2.45) is 0 Å². The van der Waals surface area contributed by atoms with Crippen molar-refractivity contribution in [3.8, 4) is 6.07 Å². The second kappa shape index (κ2) is 8.10. The summed E-state index contributed by atoms with van der Waals surface area (Å²) < 4.78 is 38.8. The Kier molecular flexibility index (Phi) is 6.08. The molecule has 0 aromatic heterocycles. The van der Waals surface area contributed by atoms with Crippen molar-refractivity contribution in [3.63, 3.8) is 0 Å². The molecule has 2 amide bonds. The molecule has 0 unspecified atom stereocenters. The van der Waals surface area contributed by atoms with Crippen LogP contribution in [-0.4, -0.2) is 18.4 Å². The fourth-order valence-electron chi connectivity index (χ4n) is 2.27. The number of halogens is 4. The first-order valence-electron chi connectivity index (χ1n) is 7.56. The molecule has 9 heteroatoms. The molecule has 0 aliphatic rings. The molecule has 0 radical (unpaired) electrons. The third kappa shape index (κ3) is 5.21. The first kappa shape index (κ1) is 20.3. The molecule has 0 aliphatic carbocycles. The highest BCUT2D eigenvalue weighted by atomic mass is 35.5. The molecule has 0 bridgehead atoms. The highest BCUT2D eigenvalue weighted by Crippen LogP contribution is 2.35. The van der Waals surface area contributed by atoms with E-state index in [1.807, 2.05) is 6.07 Å². The summed E-state index contributed by atoms with van der Waals surface area (Å²) in [6.07, 6.45) is -4.62. The molecule has 0 atom stereocenters. The lowest BCUT2D eigenvalue weighted by Crippen LogP contribution is -2.37. The van der Waals surface area contributed by atoms with Crippen molar-refractivity contribution >= 4 is 34.8 Å². The standard InChI is InChI=1S/C18H13ClF3N3O2/c1-11(26)25(16-8-13(18(20,21)22)5-6-15(16)19)10-17(27)24-14-4-2-3-12(7-14)9-23/h2-8H,10H2,1H3,(H,24,27). The fourth-order valence-corrected chi connectivity index (χ4v) is 2.49. The number of hydrogen-bond donors (Lipinski definition) is 1. The summed E-state index contributed by atoms with van der Waals surface area (Å²) in [6.45, 7) is 0.563. The van der Waals surface area contributed by atoms with Gasteiger partial charge < -0.3 is 10.2 Å². The Morgan fingerprint density at radius 2 is 1.93 bits per heavy atom. The van der Waals surface area contributed by atoms with E-state index >= 15 is 0 Å². The van der Waals surface area contributed by atoms with Crippen LogP contribution in [0.25, 0.3) is 0 Å². The quantitative estimate of drug-likeness (QED) is 0.842. The molecule has 0 aliphatic heterocycles. The van der Waals surface area contributed by atoms with Crippen molar-refractivity contribution in [2.45, 2.75) is 13.1 Å². The zero-order valence-corrected chi connectivity index (χ0v) is 14.7. The van der Waals surface area contributed by atoms with Crippen LogP contribution in [0, 0.1) is 11.3 Å². The molecule has 0 saturated carbocycles. The Balaban J connectivity index is 2.27. The van der Waals surface area contributed by atoms with E-state index in [4.69, 9.17) is 16.9 Å². The lowest BCUT2D eigenvalue weighted by atomic mass is 10.1. The Hall–Kier alpha value is -3.05. The molecule has 27 heavy (non-hydrogen) atoms. The maximum atomic E-state index is 12.9. The Bertz CT molecular complexity index is 923. The zero-order valence-electron chi connectivity index (χ0n) is 14.0. The molecule has 5 nitrogen and oxygen atoms in total. The van der Waals surface area contributed by atoms with Crippen LogP contribution in [0.2, 0.25) is 5.02 Å². The van der Waals surface area contributed by atoms with E-state index in [0.717, 1.165) is 24.0 Å². The van der Waals surface area contributed by atoms with Crippen LogP contribution in [0.5, 0.6) is 0 Å². The average Bonchev–Trinajstić information content (AvgIpc) is 2.59. The van der Waals surface area contributed by atoms with Crippen molar-refractivity contribution in [2.75, 3.05) is 16.8 Å². The number of nitrogens with one attached hydrogen (secondary N) is 1. The molecule has 0 heterocycles. The van der Waals surface area contributed by atoms with Gasteiger partial charge in [-0.2, -0.15) is 18.4 Å². The molecule has 2 aromatic rings. The van der Waals surface area contributed by atoms with Crippen LogP contribution < -0.4 is 10.2 Å². The van der Waals surface area contributed by atoms with Gasteiger partial charge >= 0.3 is 6.18 Å². The number of alkyl halides is 3. The summed E-state index contributed by atoms with van der Waals surface area (Å²) in [5, 5.41) is 11.3. The first-order chi connectivity index (χ1) is 12.6. The third-order valence-electron chi connectivity index (χ3n) is 3.52. The number of carbonyl (C=O) groups is 2. The molecule has 0 spiro atoms. The average molecular weight is 396 g/mol. The third-order valence-corrected chi connectivity index (χ3v) is 3.84. The molecular weight excluding hydrogens is 383 g/mol. The van der Waals surface area contributed by atoms with Crippen LogP contribution in [0.3, 0.4) is 0 Å². The predicted octanol–water partition coefficient (Wildman–Crippen LogP) is 4.22. The first-order valence-corrected chi connectivity index (χ1v) is 7.94. The largest absolute Gasteiger partial charge is 0.416 e. The minimum atomic E-state index is -4.62. The summed E-state index contributed by atoms with van der Waals surface area (Å²) in [4.78, 5) is 25.0. The van der Waals surface area contributed by atoms with E-state index in [1.165, 1.54) is 12.1 Å². The van der Waals surface area contributed by atoms with Gasteiger partial charge in [0.05, 0.1) is 27.9 Å². The SMILES string of the molecule is CC(=O)N(CC(=O)Nc1cccc(C#N)c1)c1cc(C(F)(F)F)ccc1Cl. The van der Waals surface area contributed by atoms with Gasteiger partial charge in [0.25, 0.3) is 0 Å². The van der Waals surface area contributed by atoms with Gasteiger partial charge in [0, 0.05) is 12.6 Å². The molecule has 2 aromatic carbocycles. The molecule has 140 valence electrons. The number of benzene rings is 2. The maximum Gasteiger partial charge on any atom is 0.416 e. The van der Waals surface area contributed by atoms with E-state index in [0.29, 0.717) is 17.3 Å². The Labute approximate surface area is 158 Å². The van der Waals surface area contributed by atoms with E-state index < -0.39 is 30.1 Å². The normalized spacial score (nSPS) is 10.8. The molecule has 0 fully saturated rings. The summed E-state index contributed by atoms with van der Waals surface area (Å²) in [7, 11) is 0. The van der Waals surface area contributed by atoms with Crippen molar-refractivity contribution in [1.82, 2.24) is 0 Å². The zero-order chi connectivity index (χ0) is 20.2. The second-order valence-electron chi connectivity index (χ2n) is 5.51. The van der Waals surface area contributed by atoms with E-state index in [9.17, 15) is 22.8 Å². The lowest BCUT2D eigenvalue weighted by molar-refractivity contribution is -0.137. The molecule has 2 rings (SSSR count). The monoisotopic (exact) mass is 395 g/mol. The van der Waals surface area contributed by atoms with Crippen LogP contribution in [-0.2, 0) is 15.8 Å². The van der Waals surface area contributed by atoms with E-state index in [1.54, 1.807) is 12.1 Å². The van der Waals surface area contributed by atoms with E-state index in [-0.39, 0.29) is 10.7 Å². The summed E-state index contributed by atoms with van der Waals surface area (Å²) in [6, 6.07) is 10.5. The predicted molar refractivity (Wildman–Crippen MR) is 94.3 cm³/mol. The fraction of sp³-hybridized carbons (Fsp3) is 0.167. The highest BCUT2D eigenvalue weighted by Gasteiger charge is 2.32. The number of nitrogens with zero attached hydrogens (tertiary/aromatic N) is 2. The number of hydrogen-bond acceptors (Lipinski definition) is 3. The van der Waals surface area contributed by atoms with Gasteiger partial charge in [0.2, 0.25) is 11.8 Å².